The van der Waals surface area contributed by atoms with Gasteiger partial charge < -0.3 is 15.5 Å². The molecule has 3 aromatic rings. The topological polar surface area (TPSA) is 118 Å². The molecule has 25 heavy (non-hydrogen) atoms. The van der Waals surface area contributed by atoms with Crippen LogP contribution >= 0.6 is 0 Å². The SMILES string of the molecule is N#CC1=C(N)Oc2ccc([N+](=O)[O-])cc2C1c1c[nH]c2ccccc12. The number of nitro groups is 1. The summed E-state index contributed by atoms with van der Waals surface area (Å²) in [7, 11) is 0. The van der Waals surface area contributed by atoms with Crippen molar-refractivity contribution in [3.8, 4) is 11.8 Å². The number of para-hydroxylation sites is 1. The summed E-state index contributed by atoms with van der Waals surface area (Å²) in [5.41, 5.74) is 8.38. The van der Waals surface area contributed by atoms with Crippen molar-refractivity contribution in [3.05, 3.63) is 81.4 Å². The molecule has 0 saturated carbocycles. The van der Waals surface area contributed by atoms with Gasteiger partial charge in [-0.25, -0.2) is 0 Å². The third kappa shape index (κ3) is 2.20. The Hall–Kier alpha value is -3.79. The first-order valence-electron chi connectivity index (χ1n) is 7.52. The molecule has 3 N–H and O–H groups in total. The van der Waals surface area contributed by atoms with Crippen LogP contribution < -0.4 is 10.5 Å². The fourth-order valence-corrected chi connectivity index (χ4v) is 3.21. The van der Waals surface area contributed by atoms with E-state index in [4.69, 9.17) is 10.5 Å². The number of fused-ring (bicyclic) bond motifs is 2. The number of aromatic amines is 1. The summed E-state index contributed by atoms with van der Waals surface area (Å²) in [5, 5.41) is 21.7. The highest BCUT2D eigenvalue weighted by atomic mass is 16.6. The molecule has 7 nitrogen and oxygen atoms in total. The van der Waals surface area contributed by atoms with Gasteiger partial charge >= 0.3 is 0 Å². The molecule has 1 atom stereocenters. The molecule has 0 radical (unpaired) electrons. The Labute approximate surface area is 142 Å². The van der Waals surface area contributed by atoms with Crippen LogP contribution in [0.15, 0.2) is 60.1 Å². The Morgan fingerprint density at radius 2 is 2.04 bits per heavy atom. The van der Waals surface area contributed by atoms with E-state index >= 15 is 0 Å². The van der Waals surface area contributed by atoms with Crippen LogP contribution in [0.3, 0.4) is 0 Å². The largest absolute Gasteiger partial charge is 0.440 e. The lowest BCUT2D eigenvalue weighted by atomic mass is 9.83. The Morgan fingerprint density at radius 1 is 1.24 bits per heavy atom. The summed E-state index contributed by atoms with van der Waals surface area (Å²) < 4.78 is 5.51. The van der Waals surface area contributed by atoms with Crippen molar-refractivity contribution in [2.75, 3.05) is 0 Å². The van der Waals surface area contributed by atoms with Crippen LogP contribution in [0.2, 0.25) is 0 Å². The number of hydrogen-bond donors (Lipinski definition) is 2. The molecule has 2 aromatic carbocycles. The van der Waals surface area contributed by atoms with Gasteiger partial charge in [0.25, 0.3) is 5.69 Å². The van der Waals surface area contributed by atoms with Gasteiger partial charge in [0.05, 0.1) is 10.8 Å². The Bertz CT molecular complexity index is 1090. The van der Waals surface area contributed by atoms with Crippen LogP contribution in [0.1, 0.15) is 17.0 Å². The lowest BCUT2D eigenvalue weighted by molar-refractivity contribution is -0.384. The van der Waals surface area contributed by atoms with Crippen molar-refractivity contribution in [2.24, 2.45) is 5.73 Å². The van der Waals surface area contributed by atoms with Crippen molar-refractivity contribution in [1.29, 1.82) is 5.26 Å². The summed E-state index contributed by atoms with van der Waals surface area (Å²) >= 11 is 0. The van der Waals surface area contributed by atoms with Gasteiger partial charge in [0.1, 0.15) is 17.4 Å². The minimum atomic E-state index is -0.537. The second kappa shape index (κ2) is 5.39. The van der Waals surface area contributed by atoms with Crippen molar-refractivity contribution < 1.29 is 9.66 Å². The van der Waals surface area contributed by atoms with E-state index in [9.17, 15) is 15.4 Å². The molecule has 4 rings (SSSR count). The van der Waals surface area contributed by atoms with Crippen LogP contribution in [0, 0.1) is 21.4 Å². The van der Waals surface area contributed by atoms with E-state index in [0.29, 0.717) is 11.3 Å². The van der Waals surface area contributed by atoms with Crippen LogP contribution in [0.4, 0.5) is 5.69 Å². The third-order valence-corrected chi connectivity index (χ3v) is 4.34. The standard InChI is InChI=1S/C18H12N4O3/c19-8-13-17(14-9-21-15-4-2-1-3-11(14)15)12-7-10(22(23)24)5-6-16(12)25-18(13)20/h1-7,9,17,21H,20H2. The first-order chi connectivity index (χ1) is 12.1. The number of nitriles is 1. The fraction of sp³-hybridized carbons (Fsp3) is 0.0556. The number of rotatable bonds is 2. The molecule has 2 heterocycles. The van der Waals surface area contributed by atoms with Gasteiger partial charge in [-0.1, -0.05) is 18.2 Å². The molecule has 0 spiro atoms. The third-order valence-electron chi connectivity index (χ3n) is 4.34. The zero-order valence-corrected chi connectivity index (χ0v) is 12.9. The fourth-order valence-electron chi connectivity index (χ4n) is 3.21. The number of non-ortho nitro benzene ring substituents is 1. The summed E-state index contributed by atoms with van der Waals surface area (Å²) in [6.45, 7) is 0. The molecule has 1 unspecified atom stereocenters. The summed E-state index contributed by atoms with van der Waals surface area (Å²) in [5.74, 6) is -0.110. The van der Waals surface area contributed by atoms with Crippen molar-refractivity contribution in [1.82, 2.24) is 4.98 Å². The number of hydrogen-bond acceptors (Lipinski definition) is 5. The summed E-state index contributed by atoms with van der Waals surface area (Å²) in [4.78, 5) is 13.9. The lowest BCUT2D eigenvalue weighted by Gasteiger charge is -2.25. The molecule has 1 aromatic heterocycles. The maximum atomic E-state index is 11.2. The number of nitrogens with two attached hydrogens (primary N) is 1. The second-order valence-corrected chi connectivity index (χ2v) is 5.69. The lowest BCUT2D eigenvalue weighted by Crippen LogP contribution is -2.21. The van der Waals surface area contributed by atoms with E-state index in [2.05, 4.69) is 11.1 Å². The van der Waals surface area contributed by atoms with Gasteiger partial charge in [-0.05, 0) is 17.7 Å². The normalized spacial score (nSPS) is 16.2. The highest BCUT2D eigenvalue weighted by molar-refractivity contribution is 5.85. The highest BCUT2D eigenvalue weighted by Crippen LogP contribution is 2.45. The molecule has 0 bridgehead atoms. The molecule has 0 fully saturated rings. The molecule has 0 saturated heterocycles. The van der Waals surface area contributed by atoms with Gasteiger partial charge in [0.2, 0.25) is 5.88 Å². The molecule has 1 aliphatic heterocycles. The van der Waals surface area contributed by atoms with E-state index in [1.807, 2.05) is 24.3 Å². The maximum absolute atomic E-state index is 11.2. The number of nitrogens with one attached hydrogen (secondary N) is 1. The maximum Gasteiger partial charge on any atom is 0.270 e. The van der Waals surface area contributed by atoms with Gasteiger partial charge in [-0.2, -0.15) is 5.26 Å². The number of H-pyrrole nitrogens is 1. The monoisotopic (exact) mass is 332 g/mol. The summed E-state index contributed by atoms with van der Waals surface area (Å²) in [6, 6.07) is 14.0. The first-order valence-corrected chi connectivity index (χ1v) is 7.52. The molecule has 0 aliphatic carbocycles. The zero-order chi connectivity index (χ0) is 17.6. The first kappa shape index (κ1) is 14.8. The van der Waals surface area contributed by atoms with E-state index in [1.165, 1.54) is 18.2 Å². The van der Waals surface area contributed by atoms with E-state index in [-0.39, 0.29) is 17.1 Å². The smallest absolute Gasteiger partial charge is 0.270 e. The Kier molecular flexibility index (Phi) is 3.18. The predicted octanol–water partition coefficient (Wildman–Crippen LogP) is 3.29. The number of ether oxygens (including phenoxy) is 1. The molecule has 0 amide bonds. The minimum absolute atomic E-state index is 0.0131. The summed E-state index contributed by atoms with van der Waals surface area (Å²) in [6.07, 6.45) is 1.80. The number of aromatic nitrogens is 1. The van der Waals surface area contributed by atoms with Crippen LogP contribution in [-0.4, -0.2) is 9.91 Å². The highest BCUT2D eigenvalue weighted by Gasteiger charge is 2.33. The quantitative estimate of drug-likeness (QED) is 0.551. The molecular weight excluding hydrogens is 320 g/mol. The van der Waals surface area contributed by atoms with Crippen molar-refractivity contribution >= 4 is 16.6 Å². The molecule has 1 aliphatic rings. The Morgan fingerprint density at radius 3 is 2.80 bits per heavy atom. The zero-order valence-electron chi connectivity index (χ0n) is 12.9. The average molecular weight is 332 g/mol. The minimum Gasteiger partial charge on any atom is -0.440 e. The van der Waals surface area contributed by atoms with Gasteiger partial charge in [0.15, 0.2) is 0 Å². The average Bonchev–Trinajstić information content (AvgIpc) is 3.03. The van der Waals surface area contributed by atoms with Crippen LogP contribution in [0.25, 0.3) is 10.9 Å². The van der Waals surface area contributed by atoms with Crippen LogP contribution in [-0.2, 0) is 0 Å². The van der Waals surface area contributed by atoms with Gasteiger partial charge in [-0.3, -0.25) is 10.1 Å². The van der Waals surface area contributed by atoms with Gasteiger partial charge in [-0.15, -0.1) is 0 Å². The predicted molar refractivity (Wildman–Crippen MR) is 90.7 cm³/mol. The van der Waals surface area contributed by atoms with E-state index < -0.39 is 10.8 Å². The number of nitrogens with zero attached hydrogens (tertiary/aromatic N) is 2. The molecule has 7 heteroatoms. The second-order valence-electron chi connectivity index (χ2n) is 5.69. The number of allylic oxidation sites excluding steroid dienone is 1. The number of benzene rings is 2. The molecule has 122 valence electrons. The van der Waals surface area contributed by atoms with E-state index in [1.54, 1.807) is 6.20 Å². The van der Waals surface area contributed by atoms with Crippen molar-refractivity contribution in [3.63, 3.8) is 0 Å². The molecular formula is C18H12N4O3. The number of nitro benzene ring substituents is 1. The van der Waals surface area contributed by atoms with E-state index in [0.717, 1.165) is 16.5 Å². The van der Waals surface area contributed by atoms with Gasteiger partial charge in [0, 0.05) is 34.8 Å². The van der Waals surface area contributed by atoms with Crippen molar-refractivity contribution in [2.45, 2.75) is 5.92 Å². The van der Waals surface area contributed by atoms with Crippen LogP contribution in [0.5, 0.6) is 5.75 Å². The Balaban J connectivity index is 2.01.